The van der Waals surface area contributed by atoms with Gasteiger partial charge in [-0.2, -0.15) is 0 Å². The Balaban J connectivity index is 1.97. The number of nitrogens with zero attached hydrogens (tertiary/aromatic N) is 1. The lowest BCUT2D eigenvalue weighted by atomic mass is 10.0. The molecule has 33 heavy (non-hydrogen) atoms. The minimum Gasteiger partial charge on any atom is -0.493 e. The molecule has 0 radical (unpaired) electrons. The van der Waals surface area contributed by atoms with Crippen LogP contribution in [0.4, 0.5) is 0 Å². The third kappa shape index (κ3) is 5.69. The van der Waals surface area contributed by atoms with Crippen molar-refractivity contribution in [2.45, 2.75) is 13.0 Å². The lowest BCUT2D eigenvalue weighted by Gasteiger charge is -2.27. The number of amides is 2. The molecule has 1 saturated heterocycles. The summed E-state index contributed by atoms with van der Waals surface area (Å²) in [4.78, 5) is 26.6. The van der Waals surface area contributed by atoms with E-state index in [0.717, 1.165) is 11.1 Å². The van der Waals surface area contributed by atoms with Crippen molar-refractivity contribution in [1.29, 1.82) is 0 Å². The monoisotopic (exact) mass is 482 g/mol. The number of carbonyl (C=O) groups excluding carboxylic acids is 2. The highest BCUT2D eigenvalue weighted by atomic mass is 35.5. The van der Waals surface area contributed by atoms with Crippen LogP contribution in [0.15, 0.2) is 67.3 Å². The standard InChI is InChI=1S/C25H23ClN2O4S/c1-4-6-18-12-17(13-20-23(29)27-25(33)28(11-5-2)24(20)30)14-21(31-3)22(18)32-15-16-7-9-19(26)10-8-16/h4-5,7-10,12-14H,1-2,6,11,15H2,3H3,(H,27,29,33). The largest absolute Gasteiger partial charge is 0.493 e. The van der Waals surface area contributed by atoms with Gasteiger partial charge in [-0.25, -0.2) is 0 Å². The van der Waals surface area contributed by atoms with Crippen LogP contribution in [0.25, 0.3) is 6.08 Å². The Morgan fingerprint density at radius 3 is 2.52 bits per heavy atom. The zero-order valence-electron chi connectivity index (χ0n) is 18.1. The minimum absolute atomic E-state index is 0.0353. The van der Waals surface area contributed by atoms with Crippen LogP contribution < -0.4 is 14.8 Å². The van der Waals surface area contributed by atoms with Gasteiger partial charge in [-0.05, 0) is 60.1 Å². The smallest absolute Gasteiger partial charge is 0.265 e. The Labute approximate surface area is 203 Å². The molecule has 2 aromatic carbocycles. The SMILES string of the molecule is C=CCc1cc(C=C2C(=O)NC(=S)N(CC=C)C2=O)cc(OC)c1OCc1ccc(Cl)cc1. The second kappa shape index (κ2) is 10.9. The van der Waals surface area contributed by atoms with Gasteiger partial charge < -0.3 is 9.47 Å². The average molecular weight is 483 g/mol. The van der Waals surface area contributed by atoms with Crippen molar-refractivity contribution in [2.75, 3.05) is 13.7 Å². The molecule has 6 nitrogen and oxygen atoms in total. The van der Waals surface area contributed by atoms with Crippen LogP contribution in [-0.2, 0) is 22.6 Å². The third-order valence-corrected chi connectivity index (χ3v) is 5.42. The molecule has 2 amide bonds. The second-order valence-electron chi connectivity index (χ2n) is 7.14. The molecule has 0 aromatic heterocycles. The van der Waals surface area contributed by atoms with Gasteiger partial charge in [0.2, 0.25) is 0 Å². The van der Waals surface area contributed by atoms with Crippen molar-refractivity contribution in [3.63, 3.8) is 0 Å². The summed E-state index contributed by atoms with van der Waals surface area (Å²) in [7, 11) is 1.53. The van der Waals surface area contributed by atoms with E-state index in [0.29, 0.717) is 35.1 Å². The summed E-state index contributed by atoms with van der Waals surface area (Å²) in [5, 5.41) is 3.24. The Morgan fingerprint density at radius 2 is 1.88 bits per heavy atom. The molecule has 0 atom stereocenters. The molecular formula is C25H23ClN2O4S. The van der Waals surface area contributed by atoms with Gasteiger partial charge in [0.05, 0.1) is 7.11 Å². The highest BCUT2D eigenvalue weighted by Gasteiger charge is 2.32. The van der Waals surface area contributed by atoms with Crippen LogP contribution in [0.3, 0.4) is 0 Å². The lowest BCUT2D eigenvalue weighted by molar-refractivity contribution is -0.128. The van der Waals surface area contributed by atoms with Crippen LogP contribution in [0.5, 0.6) is 11.5 Å². The first kappa shape index (κ1) is 24.2. The average Bonchev–Trinajstić information content (AvgIpc) is 2.79. The number of nitrogens with one attached hydrogen (secondary N) is 1. The van der Waals surface area contributed by atoms with Crippen molar-refractivity contribution in [2.24, 2.45) is 0 Å². The number of thiocarbonyl (C=S) groups is 1. The van der Waals surface area contributed by atoms with Gasteiger partial charge in [0.25, 0.3) is 11.8 Å². The number of hydrogen-bond donors (Lipinski definition) is 1. The van der Waals surface area contributed by atoms with Crippen molar-refractivity contribution < 1.29 is 19.1 Å². The van der Waals surface area contributed by atoms with Crippen LogP contribution in [0.1, 0.15) is 16.7 Å². The van der Waals surface area contributed by atoms with E-state index in [1.54, 1.807) is 24.3 Å². The molecule has 0 unspecified atom stereocenters. The summed E-state index contributed by atoms with van der Waals surface area (Å²) in [5.41, 5.74) is 2.31. The Bertz CT molecular complexity index is 1140. The van der Waals surface area contributed by atoms with Gasteiger partial charge in [0, 0.05) is 17.1 Å². The Morgan fingerprint density at radius 1 is 1.15 bits per heavy atom. The predicted molar refractivity (Wildman–Crippen MR) is 133 cm³/mol. The summed E-state index contributed by atoms with van der Waals surface area (Å²) in [6, 6.07) is 10.9. The quantitative estimate of drug-likeness (QED) is 0.247. The summed E-state index contributed by atoms with van der Waals surface area (Å²) in [6.45, 7) is 7.95. The molecule has 0 saturated carbocycles. The zero-order chi connectivity index (χ0) is 24.0. The first-order chi connectivity index (χ1) is 15.9. The normalized spacial score (nSPS) is 14.8. The van der Waals surface area contributed by atoms with E-state index in [4.69, 9.17) is 33.3 Å². The molecule has 170 valence electrons. The molecule has 2 aromatic rings. The molecule has 0 aliphatic carbocycles. The number of benzene rings is 2. The van der Waals surface area contributed by atoms with E-state index in [2.05, 4.69) is 18.5 Å². The predicted octanol–water partition coefficient (Wildman–Crippen LogP) is 4.47. The Hall–Kier alpha value is -3.42. The first-order valence-electron chi connectivity index (χ1n) is 10.1. The maximum atomic E-state index is 12.8. The fourth-order valence-electron chi connectivity index (χ4n) is 3.28. The summed E-state index contributed by atoms with van der Waals surface area (Å²) in [6.07, 6.45) is 5.28. The highest BCUT2D eigenvalue weighted by Crippen LogP contribution is 2.35. The molecule has 1 N–H and O–H groups in total. The van der Waals surface area contributed by atoms with Gasteiger partial charge in [0.1, 0.15) is 12.2 Å². The van der Waals surface area contributed by atoms with E-state index >= 15 is 0 Å². The summed E-state index contributed by atoms with van der Waals surface area (Å²) < 4.78 is 11.6. The molecule has 0 bridgehead atoms. The fraction of sp³-hybridized carbons (Fsp3) is 0.160. The van der Waals surface area contributed by atoms with Crippen molar-refractivity contribution in [3.05, 3.63) is 89.0 Å². The number of ether oxygens (including phenoxy) is 2. The van der Waals surface area contributed by atoms with Gasteiger partial charge in [-0.15, -0.1) is 13.2 Å². The molecule has 1 fully saturated rings. The Kier molecular flexibility index (Phi) is 8.03. The molecule has 1 heterocycles. The summed E-state index contributed by atoms with van der Waals surface area (Å²) in [5.74, 6) is -0.0192. The molecular weight excluding hydrogens is 460 g/mol. The first-order valence-corrected chi connectivity index (χ1v) is 10.8. The molecule has 0 spiro atoms. The minimum atomic E-state index is -0.558. The number of hydrogen-bond acceptors (Lipinski definition) is 5. The molecule has 8 heteroatoms. The van der Waals surface area contributed by atoms with Gasteiger partial charge >= 0.3 is 0 Å². The van der Waals surface area contributed by atoms with E-state index in [1.165, 1.54) is 24.2 Å². The maximum Gasteiger partial charge on any atom is 0.265 e. The topological polar surface area (TPSA) is 67.9 Å². The van der Waals surface area contributed by atoms with Crippen LogP contribution >= 0.6 is 23.8 Å². The van der Waals surface area contributed by atoms with E-state index in [-0.39, 0.29) is 17.2 Å². The molecule has 1 aliphatic rings. The number of methoxy groups -OCH3 is 1. The van der Waals surface area contributed by atoms with Crippen molar-refractivity contribution in [1.82, 2.24) is 10.2 Å². The summed E-state index contributed by atoms with van der Waals surface area (Å²) >= 11 is 11.0. The van der Waals surface area contributed by atoms with E-state index < -0.39 is 11.8 Å². The number of halogens is 1. The third-order valence-electron chi connectivity index (χ3n) is 4.84. The van der Waals surface area contributed by atoms with Crippen molar-refractivity contribution in [3.8, 4) is 11.5 Å². The zero-order valence-corrected chi connectivity index (χ0v) is 19.7. The van der Waals surface area contributed by atoms with E-state index in [1.807, 2.05) is 18.2 Å². The van der Waals surface area contributed by atoms with E-state index in [9.17, 15) is 9.59 Å². The van der Waals surface area contributed by atoms with Crippen LogP contribution in [0, 0.1) is 0 Å². The van der Waals surface area contributed by atoms with Crippen molar-refractivity contribution >= 4 is 46.8 Å². The highest BCUT2D eigenvalue weighted by molar-refractivity contribution is 7.80. The maximum absolute atomic E-state index is 12.8. The van der Waals surface area contributed by atoms with Gasteiger partial charge in [-0.1, -0.05) is 35.9 Å². The second-order valence-corrected chi connectivity index (χ2v) is 7.96. The number of carbonyl (C=O) groups is 2. The molecule has 1 aliphatic heterocycles. The number of rotatable bonds is 9. The molecule has 3 rings (SSSR count). The van der Waals surface area contributed by atoms with Crippen LogP contribution in [0.2, 0.25) is 5.02 Å². The van der Waals surface area contributed by atoms with Gasteiger partial charge in [0.15, 0.2) is 16.6 Å². The lowest BCUT2D eigenvalue weighted by Crippen LogP contribution is -2.53. The van der Waals surface area contributed by atoms with Gasteiger partial charge in [-0.3, -0.25) is 19.8 Å². The number of allylic oxidation sites excluding steroid dienone is 1. The van der Waals surface area contributed by atoms with Crippen LogP contribution in [-0.4, -0.2) is 35.5 Å². The fourth-order valence-corrected chi connectivity index (χ4v) is 3.66.